The Kier molecular flexibility index (Phi) is 5.19. The predicted octanol–water partition coefficient (Wildman–Crippen LogP) is 3.64. The molecule has 0 aromatic heterocycles. The Morgan fingerprint density at radius 3 is 2.30 bits per heavy atom. The molecule has 2 aromatic carbocycles. The molecule has 5 nitrogen and oxygen atoms in total. The van der Waals surface area contributed by atoms with Crippen LogP contribution in [0, 0.1) is 17.6 Å². The summed E-state index contributed by atoms with van der Waals surface area (Å²) >= 11 is 0. The largest absolute Gasteiger partial charge is 0.339 e. The van der Waals surface area contributed by atoms with Gasteiger partial charge in [0.1, 0.15) is 0 Å². The molecule has 0 radical (unpaired) electrons. The van der Waals surface area contributed by atoms with E-state index in [1.807, 2.05) is 6.92 Å². The van der Waals surface area contributed by atoms with Crippen LogP contribution in [0.4, 0.5) is 14.5 Å². The number of carbonyl (C=O) groups is 1. The van der Waals surface area contributed by atoms with Gasteiger partial charge in [0.15, 0.2) is 11.6 Å². The Labute approximate surface area is 157 Å². The average Bonchev–Trinajstić information content (AvgIpc) is 3.47. The fraction of sp³-hybridized carbons (Fsp3) is 0.316. The zero-order chi connectivity index (χ0) is 19.8. The van der Waals surface area contributed by atoms with Gasteiger partial charge in [-0.2, -0.15) is 0 Å². The lowest BCUT2D eigenvalue weighted by Gasteiger charge is -2.25. The van der Waals surface area contributed by atoms with E-state index < -0.39 is 21.7 Å². The summed E-state index contributed by atoms with van der Waals surface area (Å²) in [6, 6.07) is 8.48. The van der Waals surface area contributed by atoms with Crippen molar-refractivity contribution in [1.82, 2.24) is 4.90 Å². The maximum absolute atomic E-state index is 13.3. The van der Waals surface area contributed by atoms with Gasteiger partial charge in [-0.3, -0.25) is 9.52 Å². The monoisotopic (exact) mass is 394 g/mol. The van der Waals surface area contributed by atoms with Crippen molar-refractivity contribution in [3.05, 3.63) is 59.7 Å². The van der Waals surface area contributed by atoms with Crippen LogP contribution in [0.25, 0.3) is 0 Å². The number of benzene rings is 2. The first kappa shape index (κ1) is 19.3. The van der Waals surface area contributed by atoms with Crippen LogP contribution in [0.15, 0.2) is 47.4 Å². The lowest BCUT2D eigenvalue weighted by atomic mass is 10.1. The summed E-state index contributed by atoms with van der Waals surface area (Å²) < 4.78 is 53.1. The van der Waals surface area contributed by atoms with Gasteiger partial charge in [0.05, 0.1) is 4.90 Å². The third kappa shape index (κ3) is 4.27. The number of sulfonamides is 1. The summed E-state index contributed by atoms with van der Waals surface area (Å²) in [6.07, 6.45) is 2.26. The minimum absolute atomic E-state index is 0.135. The molecule has 1 saturated carbocycles. The molecule has 0 bridgehead atoms. The van der Waals surface area contributed by atoms with Crippen molar-refractivity contribution in [2.24, 2.45) is 5.92 Å². The van der Waals surface area contributed by atoms with Gasteiger partial charge in [0.2, 0.25) is 0 Å². The first-order chi connectivity index (χ1) is 12.7. The molecule has 3 rings (SSSR count). The summed E-state index contributed by atoms with van der Waals surface area (Å²) in [5.41, 5.74) is 0.662. The normalized spacial score (nSPS) is 15.3. The zero-order valence-electron chi connectivity index (χ0n) is 14.9. The summed E-state index contributed by atoms with van der Waals surface area (Å²) in [5, 5.41) is 0. The van der Waals surface area contributed by atoms with Gasteiger partial charge in [0, 0.05) is 24.3 Å². The number of amides is 1. The lowest BCUT2D eigenvalue weighted by Crippen LogP contribution is -2.36. The Bertz CT molecular complexity index is 957. The molecule has 0 aliphatic heterocycles. The van der Waals surface area contributed by atoms with Crippen LogP contribution >= 0.6 is 0 Å². The molecule has 1 unspecified atom stereocenters. The van der Waals surface area contributed by atoms with Crippen LogP contribution in [-0.2, 0) is 10.0 Å². The minimum atomic E-state index is -4.07. The van der Waals surface area contributed by atoms with Gasteiger partial charge in [-0.25, -0.2) is 17.2 Å². The second kappa shape index (κ2) is 7.26. The Morgan fingerprint density at radius 1 is 1.11 bits per heavy atom. The highest BCUT2D eigenvalue weighted by Gasteiger charge is 2.32. The summed E-state index contributed by atoms with van der Waals surface area (Å²) in [7, 11) is -2.32. The number of anilines is 1. The Balaban J connectivity index is 1.73. The number of rotatable bonds is 6. The molecule has 1 atom stereocenters. The standard InChI is InChI=1S/C19H20F2N2O3S/c1-12(13-3-4-13)23(2)19(24)14-5-7-15(8-6-14)22-27(25,26)16-9-10-17(20)18(21)11-16/h5-13,22H,3-4H2,1-2H3. The van der Waals surface area contributed by atoms with Crippen molar-refractivity contribution in [2.45, 2.75) is 30.7 Å². The SMILES string of the molecule is CC(C1CC1)N(C)C(=O)c1ccc(NS(=O)(=O)c2ccc(F)c(F)c2)cc1. The smallest absolute Gasteiger partial charge is 0.261 e. The maximum atomic E-state index is 13.3. The second-order valence-electron chi connectivity index (χ2n) is 6.75. The minimum Gasteiger partial charge on any atom is -0.339 e. The molecule has 144 valence electrons. The number of halogens is 2. The molecule has 27 heavy (non-hydrogen) atoms. The number of carbonyl (C=O) groups excluding carboxylic acids is 1. The Morgan fingerprint density at radius 2 is 1.74 bits per heavy atom. The Hall–Kier alpha value is -2.48. The fourth-order valence-corrected chi connectivity index (χ4v) is 3.89. The number of nitrogens with zero attached hydrogens (tertiary/aromatic N) is 1. The van der Waals surface area contributed by atoms with E-state index in [-0.39, 0.29) is 22.5 Å². The van der Waals surface area contributed by atoms with Crippen molar-refractivity contribution >= 4 is 21.6 Å². The van der Waals surface area contributed by atoms with Crippen LogP contribution in [0.3, 0.4) is 0 Å². The molecule has 1 N–H and O–H groups in total. The van der Waals surface area contributed by atoms with Crippen molar-refractivity contribution in [3.8, 4) is 0 Å². The molecule has 1 aliphatic carbocycles. The molecular formula is C19H20F2N2O3S. The van der Waals surface area contributed by atoms with Crippen molar-refractivity contribution < 1.29 is 22.0 Å². The van der Waals surface area contributed by atoms with Gasteiger partial charge in [-0.05, 0) is 68.1 Å². The molecule has 0 saturated heterocycles. The van der Waals surface area contributed by atoms with Crippen LogP contribution in [-0.4, -0.2) is 32.3 Å². The third-order valence-corrected chi connectivity index (χ3v) is 6.20. The van der Waals surface area contributed by atoms with Crippen LogP contribution in [0.1, 0.15) is 30.1 Å². The van der Waals surface area contributed by atoms with E-state index in [0.717, 1.165) is 25.0 Å². The first-order valence-corrected chi connectivity index (χ1v) is 10.0. The molecule has 0 spiro atoms. The average molecular weight is 394 g/mol. The first-order valence-electron chi connectivity index (χ1n) is 8.54. The maximum Gasteiger partial charge on any atom is 0.261 e. The summed E-state index contributed by atoms with van der Waals surface area (Å²) in [6.45, 7) is 2.01. The zero-order valence-corrected chi connectivity index (χ0v) is 15.8. The van der Waals surface area contributed by atoms with E-state index in [9.17, 15) is 22.0 Å². The predicted molar refractivity (Wildman–Crippen MR) is 97.9 cm³/mol. The van der Waals surface area contributed by atoms with Gasteiger partial charge in [0.25, 0.3) is 15.9 Å². The van der Waals surface area contributed by atoms with E-state index in [4.69, 9.17) is 0 Å². The van der Waals surface area contributed by atoms with E-state index in [0.29, 0.717) is 17.5 Å². The molecule has 0 heterocycles. The second-order valence-corrected chi connectivity index (χ2v) is 8.44. The highest BCUT2D eigenvalue weighted by atomic mass is 32.2. The van der Waals surface area contributed by atoms with Gasteiger partial charge in [-0.1, -0.05) is 0 Å². The lowest BCUT2D eigenvalue weighted by molar-refractivity contribution is 0.0727. The highest BCUT2D eigenvalue weighted by Crippen LogP contribution is 2.35. The van der Waals surface area contributed by atoms with Crippen molar-refractivity contribution in [1.29, 1.82) is 0 Å². The fourth-order valence-electron chi connectivity index (χ4n) is 2.82. The summed E-state index contributed by atoms with van der Waals surface area (Å²) in [5.74, 6) is -1.96. The van der Waals surface area contributed by atoms with Crippen molar-refractivity contribution in [3.63, 3.8) is 0 Å². The molecule has 2 aromatic rings. The van der Waals surface area contributed by atoms with Crippen molar-refractivity contribution in [2.75, 3.05) is 11.8 Å². The quantitative estimate of drug-likeness (QED) is 0.814. The number of hydrogen-bond acceptors (Lipinski definition) is 3. The molecule has 8 heteroatoms. The molecular weight excluding hydrogens is 374 g/mol. The third-order valence-electron chi connectivity index (χ3n) is 4.82. The highest BCUT2D eigenvalue weighted by molar-refractivity contribution is 7.92. The summed E-state index contributed by atoms with van der Waals surface area (Å²) in [4.78, 5) is 13.8. The van der Waals surface area contributed by atoms with E-state index in [1.165, 1.54) is 24.3 Å². The van der Waals surface area contributed by atoms with E-state index >= 15 is 0 Å². The van der Waals surface area contributed by atoms with Gasteiger partial charge < -0.3 is 4.90 Å². The van der Waals surface area contributed by atoms with Gasteiger partial charge >= 0.3 is 0 Å². The molecule has 1 fully saturated rings. The number of nitrogens with one attached hydrogen (secondary N) is 1. The van der Waals surface area contributed by atoms with E-state index in [2.05, 4.69) is 4.72 Å². The van der Waals surface area contributed by atoms with Crippen LogP contribution in [0.2, 0.25) is 0 Å². The van der Waals surface area contributed by atoms with Crippen LogP contribution < -0.4 is 4.72 Å². The molecule has 1 amide bonds. The van der Waals surface area contributed by atoms with Crippen LogP contribution in [0.5, 0.6) is 0 Å². The topological polar surface area (TPSA) is 66.5 Å². The van der Waals surface area contributed by atoms with Gasteiger partial charge in [-0.15, -0.1) is 0 Å². The number of hydrogen-bond donors (Lipinski definition) is 1. The van der Waals surface area contributed by atoms with E-state index in [1.54, 1.807) is 11.9 Å². The molecule has 1 aliphatic rings.